The van der Waals surface area contributed by atoms with Crippen LogP contribution in [0.25, 0.3) is 21.6 Å². The SMILES string of the molecule is CC(C)c1csc(-c2ncnc3cccc(F)c23)n1. The molecule has 0 aliphatic carbocycles. The van der Waals surface area contributed by atoms with Crippen molar-refractivity contribution in [1.29, 1.82) is 0 Å². The molecule has 0 fully saturated rings. The van der Waals surface area contributed by atoms with Gasteiger partial charge in [-0.2, -0.15) is 0 Å². The molecule has 0 aliphatic heterocycles. The van der Waals surface area contributed by atoms with Crippen molar-refractivity contribution in [2.24, 2.45) is 0 Å². The first kappa shape index (κ1) is 12.2. The maximum absolute atomic E-state index is 14.0. The molecule has 0 saturated heterocycles. The average Bonchev–Trinajstić information content (AvgIpc) is 2.88. The number of benzene rings is 1. The molecule has 3 nitrogen and oxygen atoms in total. The van der Waals surface area contributed by atoms with Crippen molar-refractivity contribution < 1.29 is 4.39 Å². The van der Waals surface area contributed by atoms with Gasteiger partial charge in [-0.05, 0) is 18.1 Å². The lowest BCUT2D eigenvalue weighted by atomic mass is 10.1. The van der Waals surface area contributed by atoms with Crippen LogP contribution in [0.1, 0.15) is 25.5 Å². The number of aromatic nitrogens is 3. The van der Waals surface area contributed by atoms with Gasteiger partial charge in [-0.3, -0.25) is 0 Å². The number of nitrogens with zero attached hydrogens (tertiary/aromatic N) is 3. The van der Waals surface area contributed by atoms with Crippen LogP contribution in [0.2, 0.25) is 0 Å². The highest BCUT2D eigenvalue weighted by molar-refractivity contribution is 7.13. The summed E-state index contributed by atoms with van der Waals surface area (Å²) < 4.78 is 14.0. The van der Waals surface area contributed by atoms with E-state index >= 15 is 0 Å². The van der Waals surface area contributed by atoms with Gasteiger partial charge in [0.15, 0.2) is 0 Å². The molecule has 5 heteroatoms. The Morgan fingerprint density at radius 3 is 2.79 bits per heavy atom. The smallest absolute Gasteiger partial charge is 0.143 e. The van der Waals surface area contributed by atoms with Gasteiger partial charge in [-0.15, -0.1) is 11.3 Å². The monoisotopic (exact) mass is 273 g/mol. The fourth-order valence-corrected chi connectivity index (χ4v) is 2.87. The summed E-state index contributed by atoms with van der Waals surface area (Å²) in [6.45, 7) is 4.16. The summed E-state index contributed by atoms with van der Waals surface area (Å²) in [6.07, 6.45) is 1.45. The van der Waals surface area contributed by atoms with Crippen molar-refractivity contribution in [2.75, 3.05) is 0 Å². The Hall–Kier alpha value is -1.88. The van der Waals surface area contributed by atoms with Crippen LogP contribution < -0.4 is 0 Å². The maximum Gasteiger partial charge on any atom is 0.143 e. The average molecular weight is 273 g/mol. The van der Waals surface area contributed by atoms with Gasteiger partial charge in [0.05, 0.1) is 16.6 Å². The molecule has 1 aromatic carbocycles. The zero-order valence-electron chi connectivity index (χ0n) is 10.6. The van der Waals surface area contributed by atoms with E-state index in [1.807, 2.05) is 5.38 Å². The summed E-state index contributed by atoms with van der Waals surface area (Å²) in [6, 6.07) is 4.85. The predicted octanol–water partition coefficient (Wildman–Crippen LogP) is 4.02. The third-order valence-corrected chi connectivity index (χ3v) is 3.80. The third kappa shape index (κ3) is 2.10. The van der Waals surface area contributed by atoms with E-state index in [4.69, 9.17) is 0 Å². The minimum Gasteiger partial charge on any atom is -0.239 e. The molecule has 0 saturated carbocycles. The Bertz CT molecular complexity index is 731. The van der Waals surface area contributed by atoms with Gasteiger partial charge in [-0.1, -0.05) is 19.9 Å². The number of hydrogen-bond donors (Lipinski definition) is 0. The number of fused-ring (bicyclic) bond motifs is 1. The normalized spacial score (nSPS) is 11.4. The predicted molar refractivity (Wildman–Crippen MR) is 74.7 cm³/mol. The van der Waals surface area contributed by atoms with Crippen molar-refractivity contribution >= 4 is 22.2 Å². The van der Waals surface area contributed by atoms with Crippen molar-refractivity contribution in [3.63, 3.8) is 0 Å². The summed E-state index contributed by atoms with van der Waals surface area (Å²) in [4.78, 5) is 12.8. The molecule has 0 bridgehead atoms. The number of thiazole rings is 1. The summed E-state index contributed by atoms with van der Waals surface area (Å²) >= 11 is 1.49. The summed E-state index contributed by atoms with van der Waals surface area (Å²) in [5, 5.41) is 3.17. The Morgan fingerprint density at radius 2 is 2.05 bits per heavy atom. The van der Waals surface area contributed by atoms with Crippen LogP contribution in [0.5, 0.6) is 0 Å². The minimum atomic E-state index is -0.311. The molecule has 2 heterocycles. The van der Waals surface area contributed by atoms with Crippen molar-refractivity contribution in [2.45, 2.75) is 19.8 Å². The van der Waals surface area contributed by atoms with Crippen molar-refractivity contribution in [3.05, 3.63) is 41.4 Å². The van der Waals surface area contributed by atoms with Crippen molar-refractivity contribution in [1.82, 2.24) is 15.0 Å². The Labute approximate surface area is 114 Å². The first-order valence-corrected chi connectivity index (χ1v) is 6.90. The molecule has 0 amide bonds. The highest BCUT2D eigenvalue weighted by Gasteiger charge is 2.14. The number of halogens is 1. The van der Waals surface area contributed by atoms with E-state index in [1.54, 1.807) is 12.1 Å². The van der Waals surface area contributed by atoms with Crippen LogP contribution in [0.15, 0.2) is 29.9 Å². The number of rotatable bonds is 2. The standard InChI is InChI=1S/C14H12FN3S/c1-8(2)11-6-19-14(18-11)13-12-9(15)4-3-5-10(12)16-7-17-13/h3-8H,1-2H3. The van der Waals surface area contributed by atoms with Gasteiger partial charge < -0.3 is 0 Å². The Kier molecular flexibility index (Phi) is 2.98. The minimum absolute atomic E-state index is 0.311. The van der Waals surface area contributed by atoms with E-state index in [2.05, 4.69) is 28.8 Å². The van der Waals surface area contributed by atoms with Crippen LogP contribution in [0, 0.1) is 5.82 Å². The van der Waals surface area contributed by atoms with Crippen LogP contribution in [-0.4, -0.2) is 15.0 Å². The van der Waals surface area contributed by atoms with Crippen molar-refractivity contribution in [3.8, 4) is 10.7 Å². The molecule has 0 unspecified atom stereocenters. The Morgan fingerprint density at radius 1 is 1.21 bits per heavy atom. The fraction of sp³-hybridized carbons (Fsp3) is 0.214. The molecule has 0 atom stereocenters. The quantitative estimate of drug-likeness (QED) is 0.708. The van der Waals surface area contributed by atoms with E-state index in [0.29, 0.717) is 22.5 Å². The lowest BCUT2D eigenvalue weighted by molar-refractivity contribution is 0.639. The van der Waals surface area contributed by atoms with Gasteiger partial charge in [-0.25, -0.2) is 19.3 Å². The molecule has 19 heavy (non-hydrogen) atoms. The maximum atomic E-state index is 14.0. The summed E-state index contributed by atoms with van der Waals surface area (Å²) in [5.41, 5.74) is 2.18. The van der Waals surface area contributed by atoms with Gasteiger partial charge in [0, 0.05) is 5.38 Å². The second-order valence-electron chi connectivity index (χ2n) is 4.59. The highest BCUT2D eigenvalue weighted by Crippen LogP contribution is 2.31. The second-order valence-corrected chi connectivity index (χ2v) is 5.45. The van der Waals surface area contributed by atoms with Gasteiger partial charge in [0.2, 0.25) is 0 Å². The largest absolute Gasteiger partial charge is 0.239 e. The van der Waals surface area contributed by atoms with Gasteiger partial charge in [0.25, 0.3) is 0 Å². The van der Waals surface area contributed by atoms with E-state index in [-0.39, 0.29) is 5.82 Å². The number of hydrogen-bond acceptors (Lipinski definition) is 4. The fourth-order valence-electron chi connectivity index (χ4n) is 1.89. The first-order valence-electron chi connectivity index (χ1n) is 6.02. The molecule has 3 rings (SSSR count). The first-order chi connectivity index (χ1) is 9.16. The van der Waals surface area contributed by atoms with Gasteiger partial charge >= 0.3 is 0 Å². The van der Waals surface area contributed by atoms with Crippen LogP contribution in [0.3, 0.4) is 0 Å². The summed E-state index contributed by atoms with van der Waals surface area (Å²) in [5.74, 6) is 0.0392. The third-order valence-electron chi connectivity index (χ3n) is 2.93. The van der Waals surface area contributed by atoms with Gasteiger partial charge in [0.1, 0.15) is 22.8 Å². The lowest BCUT2D eigenvalue weighted by Crippen LogP contribution is -1.92. The molecule has 0 radical (unpaired) electrons. The molecule has 96 valence electrons. The molecule has 0 spiro atoms. The topological polar surface area (TPSA) is 38.7 Å². The van der Waals surface area contributed by atoms with E-state index in [0.717, 1.165) is 10.7 Å². The van der Waals surface area contributed by atoms with E-state index in [9.17, 15) is 4.39 Å². The Balaban J connectivity index is 2.24. The molecular formula is C14H12FN3S. The molecule has 2 aromatic heterocycles. The highest BCUT2D eigenvalue weighted by atomic mass is 32.1. The molecule has 0 N–H and O–H groups in total. The molecule has 0 aliphatic rings. The van der Waals surface area contributed by atoms with Crippen LogP contribution in [0.4, 0.5) is 4.39 Å². The molecule has 3 aromatic rings. The zero-order valence-corrected chi connectivity index (χ0v) is 11.4. The van der Waals surface area contributed by atoms with E-state index in [1.165, 1.54) is 23.7 Å². The summed E-state index contributed by atoms with van der Waals surface area (Å²) in [7, 11) is 0. The zero-order chi connectivity index (χ0) is 13.4. The second kappa shape index (κ2) is 4.66. The van der Waals surface area contributed by atoms with E-state index < -0.39 is 0 Å². The van der Waals surface area contributed by atoms with Crippen LogP contribution in [-0.2, 0) is 0 Å². The molecular weight excluding hydrogens is 261 g/mol. The lowest BCUT2D eigenvalue weighted by Gasteiger charge is -2.03. The van der Waals surface area contributed by atoms with Crippen LogP contribution >= 0.6 is 11.3 Å².